The topological polar surface area (TPSA) is 23.8 Å². The summed E-state index contributed by atoms with van der Waals surface area (Å²) in [5.41, 5.74) is 3.72. The highest BCUT2D eigenvalue weighted by Gasteiger charge is 2.21. The summed E-state index contributed by atoms with van der Waals surface area (Å²) >= 11 is 1.71. The Labute approximate surface area is 144 Å². The van der Waals surface area contributed by atoms with Gasteiger partial charge in [-0.3, -0.25) is 0 Å². The summed E-state index contributed by atoms with van der Waals surface area (Å²) in [5.74, 6) is 1.11. The van der Waals surface area contributed by atoms with Crippen molar-refractivity contribution in [1.82, 2.24) is 9.38 Å². The zero-order valence-corrected chi connectivity index (χ0v) is 14.1. The van der Waals surface area contributed by atoms with E-state index in [9.17, 15) is 0 Å². The van der Waals surface area contributed by atoms with Gasteiger partial charge in [0.05, 0.1) is 11.0 Å². The van der Waals surface area contributed by atoms with E-state index in [2.05, 4.69) is 74.3 Å². The largest absolute Gasteiger partial charge is 0.368 e. The first-order chi connectivity index (χ1) is 11.9. The summed E-state index contributed by atoms with van der Waals surface area (Å²) in [6, 6.07) is 17.1. The number of nitrogens with zero attached hydrogens (tertiary/aromatic N) is 4. The van der Waals surface area contributed by atoms with Crippen LogP contribution in [0.1, 0.15) is 0 Å². The van der Waals surface area contributed by atoms with Crippen molar-refractivity contribution in [2.24, 2.45) is 0 Å². The Morgan fingerprint density at radius 3 is 2.42 bits per heavy atom. The number of aromatic nitrogens is 2. The minimum Gasteiger partial charge on any atom is -0.368 e. The van der Waals surface area contributed by atoms with Gasteiger partial charge in [0.15, 0.2) is 5.82 Å². The maximum Gasteiger partial charge on any atom is 0.154 e. The molecule has 4 nitrogen and oxygen atoms in total. The van der Waals surface area contributed by atoms with Crippen molar-refractivity contribution in [2.75, 3.05) is 36.0 Å². The van der Waals surface area contributed by atoms with Crippen molar-refractivity contribution >= 4 is 38.7 Å². The molecule has 0 amide bonds. The van der Waals surface area contributed by atoms with Gasteiger partial charge < -0.3 is 14.2 Å². The van der Waals surface area contributed by atoms with Crippen LogP contribution in [-0.4, -0.2) is 35.6 Å². The molecule has 0 unspecified atom stereocenters. The Hall–Kier alpha value is -2.53. The fourth-order valence-electron chi connectivity index (χ4n) is 3.54. The molecule has 1 saturated heterocycles. The van der Waals surface area contributed by atoms with Crippen LogP contribution >= 0.6 is 11.3 Å². The van der Waals surface area contributed by atoms with Gasteiger partial charge in [0, 0.05) is 38.1 Å². The molecule has 0 aliphatic carbocycles. The van der Waals surface area contributed by atoms with Crippen molar-refractivity contribution in [3.05, 3.63) is 60.1 Å². The number of thiophene rings is 1. The average molecular weight is 334 g/mol. The highest BCUT2D eigenvalue weighted by molar-refractivity contribution is 7.16. The molecule has 5 heteroatoms. The normalized spacial score (nSPS) is 15.5. The van der Waals surface area contributed by atoms with Crippen molar-refractivity contribution in [3.63, 3.8) is 0 Å². The van der Waals surface area contributed by atoms with Gasteiger partial charge in [0.2, 0.25) is 0 Å². The van der Waals surface area contributed by atoms with Crippen LogP contribution in [0, 0.1) is 0 Å². The Kier molecular flexibility index (Phi) is 3.19. The summed E-state index contributed by atoms with van der Waals surface area (Å²) in [7, 11) is 0. The fraction of sp³-hybridized carbons (Fsp3) is 0.211. The Morgan fingerprint density at radius 1 is 0.792 bits per heavy atom. The highest BCUT2D eigenvalue weighted by atomic mass is 32.1. The molecule has 0 atom stereocenters. The number of benzene rings is 1. The van der Waals surface area contributed by atoms with E-state index in [0.717, 1.165) is 36.8 Å². The number of para-hydroxylation sites is 1. The van der Waals surface area contributed by atoms with E-state index in [1.807, 2.05) is 0 Å². The van der Waals surface area contributed by atoms with Crippen molar-refractivity contribution in [2.45, 2.75) is 0 Å². The van der Waals surface area contributed by atoms with Gasteiger partial charge in [0.1, 0.15) is 4.83 Å². The Morgan fingerprint density at radius 2 is 1.58 bits per heavy atom. The number of hydrogen-bond donors (Lipinski definition) is 0. The third-order valence-electron chi connectivity index (χ3n) is 4.77. The summed E-state index contributed by atoms with van der Waals surface area (Å²) in [4.78, 5) is 11.0. The van der Waals surface area contributed by atoms with Crippen LogP contribution in [0.3, 0.4) is 0 Å². The minimum atomic E-state index is 1.000. The summed E-state index contributed by atoms with van der Waals surface area (Å²) in [5, 5.41) is 2.12. The number of anilines is 2. The smallest absolute Gasteiger partial charge is 0.154 e. The zero-order valence-electron chi connectivity index (χ0n) is 13.3. The summed E-state index contributed by atoms with van der Waals surface area (Å²) in [6.07, 6.45) is 2.13. The Bertz CT molecular complexity index is 980. The fourth-order valence-corrected chi connectivity index (χ4v) is 4.29. The third-order valence-corrected chi connectivity index (χ3v) is 5.57. The van der Waals surface area contributed by atoms with Crippen LogP contribution in [0.25, 0.3) is 15.9 Å². The van der Waals surface area contributed by atoms with Crippen LogP contribution in [0.2, 0.25) is 0 Å². The molecule has 3 aromatic heterocycles. The van der Waals surface area contributed by atoms with Gasteiger partial charge in [-0.2, -0.15) is 0 Å². The van der Waals surface area contributed by atoms with Crippen LogP contribution in [-0.2, 0) is 0 Å². The highest BCUT2D eigenvalue weighted by Crippen LogP contribution is 2.29. The lowest BCUT2D eigenvalue weighted by molar-refractivity contribution is 0.649. The molecule has 24 heavy (non-hydrogen) atoms. The van der Waals surface area contributed by atoms with Crippen molar-refractivity contribution in [3.8, 4) is 0 Å². The first-order valence-corrected chi connectivity index (χ1v) is 9.17. The third kappa shape index (κ3) is 2.16. The molecule has 4 heterocycles. The lowest BCUT2D eigenvalue weighted by Crippen LogP contribution is -2.47. The number of fused-ring (bicyclic) bond motifs is 3. The van der Waals surface area contributed by atoms with E-state index < -0.39 is 0 Å². The second-order valence-corrected chi connectivity index (χ2v) is 7.01. The van der Waals surface area contributed by atoms with Gasteiger partial charge in [-0.15, -0.1) is 11.3 Å². The number of piperazine rings is 1. The maximum absolute atomic E-state index is 4.96. The van der Waals surface area contributed by atoms with Crippen LogP contribution < -0.4 is 9.80 Å². The van der Waals surface area contributed by atoms with Gasteiger partial charge in [-0.1, -0.05) is 18.2 Å². The van der Waals surface area contributed by atoms with E-state index in [-0.39, 0.29) is 0 Å². The van der Waals surface area contributed by atoms with E-state index in [1.54, 1.807) is 11.3 Å². The molecule has 4 aromatic rings. The molecule has 0 spiro atoms. The summed E-state index contributed by atoms with van der Waals surface area (Å²) < 4.78 is 2.26. The molecule has 0 bridgehead atoms. The number of rotatable bonds is 2. The van der Waals surface area contributed by atoms with E-state index in [0.29, 0.717) is 0 Å². The molecular formula is C19H18N4S. The molecule has 1 aromatic carbocycles. The van der Waals surface area contributed by atoms with Gasteiger partial charge >= 0.3 is 0 Å². The van der Waals surface area contributed by atoms with Gasteiger partial charge in [-0.05, 0) is 35.7 Å². The van der Waals surface area contributed by atoms with E-state index in [4.69, 9.17) is 4.98 Å². The average Bonchev–Trinajstić information content (AvgIpc) is 3.30. The molecule has 1 aliphatic heterocycles. The second-order valence-electron chi connectivity index (χ2n) is 6.12. The van der Waals surface area contributed by atoms with Crippen LogP contribution in [0.4, 0.5) is 11.5 Å². The lowest BCUT2D eigenvalue weighted by atomic mass is 10.2. The second kappa shape index (κ2) is 5.53. The number of hydrogen-bond acceptors (Lipinski definition) is 4. The monoisotopic (exact) mass is 334 g/mol. The standard InChI is InChI=1S/C19H18N4S/c1-2-5-15(6-3-1)21-10-12-22(13-11-21)18-16-7-4-9-23(16)17-8-14-24-19(17)20-18/h1-9,14H,10-13H2. The lowest BCUT2D eigenvalue weighted by Gasteiger charge is -2.37. The molecule has 0 N–H and O–H groups in total. The van der Waals surface area contributed by atoms with E-state index in [1.165, 1.54) is 16.7 Å². The van der Waals surface area contributed by atoms with Crippen LogP contribution in [0.5, 0.6) is 0 Å². The zero-order chi connectivity index (χ0) is 15.9. The van der Waals surface area contributed by atoms with Gasteiger partial charge in [0.25, 0.3) is 0 Å². The summed E-state index contributed by atoms with van der Waals surface area (Å²) in [6.45, 7) is 4.06. The molecular weight excluding hydrogens is 316 g/mol. The predicted octanol–water partition coefficient (Wildman–Crippen LogP) is 3.88. The molecule has 0 radical (unpaired) electrons. The SMILES string of the molecule is c1ccc(N2CCN(c3nc4sccc4n4cccc34)CC2)cc1. The van der Waals surface area contributed by atoms with Crippen molar-refractivity contribution < 1.29 is 0 Å². The van der Waals surface area contributed by atoms with Crippen molar-refractivity contribution in [1.29, 1.82) is 0 Å². The maximum atomic E-state index is 4.96. The molecule has 5 rings (SSSR count). The van der Waals surface area contributed by atoms with E-state index >= 15 is 0 Å². The first kappa shape index (κ1) is 13.9. The first-order valence-electron chi connectivity index (χ1n) is 8.29. The predicted molar refractivity (Wildman–Crippen MR) is 101 cm³/mol. The Balaban J connectivity index is 1.47. The molecule has 120 valence electrons. The van der Waals surface area contributed by atoms with Gasteiger partial charge in [-0.25, -0.2) is 4.98 Å². The van der Waals surface area contributed by atoms with Crippen LogP contribution in [0.15, 0.2) is 60.1 Å². The molecule has 1 aliphatic rings. The molecule has 1 fully saturated rings. The minimum absolute atomic E-state index is 1.000. The quantitative estimate of drug-likeness (QED) is 0.556. The molecule has 0 saturated carbocycles.